The van der Waals surface area contributed by atoms with Crippen molar-refractivity contribution in [1.82, 2.24) is 10.2 Å². The fraction of sp³-hybridized carbons (Fsp3) is 0.611. The standard InChI is InChI=1S/C18H29FN4/c1-23(14-15-8-10-16(19)11-9-15)13-12-21-18(20)22-17-6-4-2-3-5-7-17/h8-11,17H,2-7,12-14H2,1H3,(H3,20,21,22). The van der Waals surface area contributed by atoms with Crippen molar-refractivity contribution >= 4 is 5.96 Å². The molecule has 0 saturated heterocycles. The van der Waals surface area contributed by atoms with Crippen LogP contribution in [-0.2, 0) is 6.54 Å². The third kappa shape index (κ3) is 6.99. The average molecular weight is 320 g/mol. The molecule has 128 valence electrons. The monoisotopic (exact) mass is 320 g/mol. The number of nitrogens with zero attached hydrogens (tertiary/aromatic N) is 2. The third-order valence-electron chi connectivity index (χ3n) is 4.34. The maximum absolute atomic E-state index is 12.9. The molecule has 23 heavy (non-hydrogen) atoms. The van der Waals surface area contributed by atoms with Gasteiger partial charge in [0.1, 0.15) is 5.82 Å². The van der Waals surface area contributed by atoms with Crippen LogP contribution in [0, 0.1) is 5.82 Å². The van der Waals surface area contributed by atoms with Crippen molar-refractivity contribution in [2.24, 2.45) is 10.7 Å². The largest absolute Gasteiger partial charge is 0.370 e. The smallest absolute Gasteiger partial charge is 0.188 e. The molecule has 1 fully saturated rings. The normalized spacial score (nSPS) is 17.3. The number of hydrogen-bond acceptors (Lipinski definition) is 2. The van der Waals surface area contributed by atoms with Gasteiger partial charge < -0.3 is 16.0 Å². The van der Waals surface area contributed by atoms with Gasteiger partial charge in [0.2, 0.25) is 0 Å². The van der Waals surface area contributed by atoms with Gasteiger partial charge in [-0.05, 0) is 37.6 Å². The van der Waals surface area contributed by atoms with E-state index in [2.05, 4.69) is 15.2 Å². The van der Waals surface area contributed by atoms with E-state index in [1.54, 1.807) is 0 Å². The van der Waals surface area contributed by atoms with Gasteiger partial charge in [0, 0.05) is 19.1 Å². The molecule has 1 aliphatic rings. The Kier molecular flexibility index (Phi) is 7.33. The Morgan fingerprint density at radius 2 is 1.87 bits per heavy atom. The van der Waals surface area contributed by atoms with Gasteiger partial charge in [-0.25, -0.2) is 4.39 Å². The van der Waals surface area contributed by atoms with E-state index in [4.69, 9.17) is 5.73 Å². The van der Waals surface area contributed by atoms with E-state index >= 15 is 0 Å². The van der Waals surface area contributed by atoms with Crippen molar-refractivity contribution in [3.8, 4) is 0 Å². The Morgan fingerprint density at radius 3 is 2.52 bits per heavy atom. The number of halogens is 1. The van der Waals surface area contributed by atoms with Crippen molar-refractivity contribution < 1.29 is 4.39 Å². The lowest BCUT2D eigenvalue weighted by atomic mass is 10.1. The first-order chi connectivity index (χ1) is 11.1. The minimum Gasteiger partial charge on any atom is -0.370 e. The first kappa shape index (κ1) is 17.7. The average Bonchev–Trinajstić information content (AvgIpc) is 2.78. The topological polar surface area (TPSA) is 53.6 Å². The molecule has 0 bridgehead atoms. The predicted octanol–water partition coefficient (Wildman–Crippen LogP) is 2.88. The third-order valence-corrected chi connectivity index (χ3v) is 4.34. The van der Waals surface area contributed by atoms with E-state index in [0.717, 1.165) is 18.7 Å². The molecule has 0 spiro atoms. The second-order valence-electron chi connectivity index (χ2n) is 6.46. The summed E-state index contributed by atoms with van der Waals surface area (Å²) in [6, 6.07) is 7.11. The quantitative estimate of drug-likeness (QED) is 0.481. The molecule has 1 aromatic rings. The minimum atomic E-state index is -0.196. The Morgan fingerprint density at radius 1 is 1.22 bits per heavy atom. The van der Waals surface area contributed by atoms with Gasteiger partial charge in [-0.2, -0.15) is 0 Å². The van der Waals surface area contributed by atoms with E-state index in [1.165, 1.54) is 50.7 Å². The van der Waals surface area contributed by atoms with Gasteiger partial charge in [0.15, 0.2) is 5.96 Å². The summed E-state index contributed by atoms with van der Waals surface area (Å²) >= 11 is 0. The van der Waals surface area contributed by atoms with E-state index in [1.807, 2.05) is 19.2 Å². The Balaban J connectivity index is 1.68. The number of nitrogens with one attached hydrogen (secondary N) is 1. The molecule has 2 rings (SSSR count). The molecule has 0 radical (unpaired) electrons. The zero-order chi connectivity index (χ0) is 16.5. The summed E-state index contributed by atoms with van der Waals surface area (Å²) in [4.78, 5) is 6.59. The van der Waals surface area contributed by atoms with Gasteiger partial charge in [-0.1, -0.05) is 37.8 Å². The number of likely N-dealkylation sites (N-methyl/N-ethyl adjacent to an activating group) is 1. The molecule has 1 aliphatic carbocycles. The molecule has 5 heteroatoms. The molecule has 1 saturated carbocycles. The first-order valence-electron chi connectivity index (χ1n) is 8.63. The lowest BCUT2D eigenvalue weighted by molar-refractivity contribution is 0.336. The maximum Gasteiger partial charge on any atom is 0.188 e. The van der Waals surface area contributed by atoms with Crippen LogP contribution in [0.4, 0.5) is 4.39 Å². The fourth-order valence-electron chi connectivity index (χ4n) is 3.00. The maximum atomic E-state index is 12.9. The molecular formula is C18H29FN4. The molecular weight excluding hydrogens is 291 g/mol. The van der Waals surface area contributed by atoms with Gasteiger partial charge in [0.05, 0.1) is 6.54 Å². The molecule has 1 aromatic carbocycles. The van der Waals surface area contributed by atoms with Crippen LogP contribution in [0.3, 0.4) is 0 Å². The van der Waals surface area contributed by atoms with E-state index in [-0.39, 0.29) is 5.82 Å². The van der Waals surface area contributed by atoms with Crippen LogP contribution in [0.1, 0.15) is 44.1 Å². The number of aliphatic imine (C=N–C) groups is 1. The zero-order valence-electron chi connectivity index (χ0n) is 14.1. The summed E-state index contributed by atoms with van der Waals surface area (Å²) in [5, 5.41) is 3.36. The van der Waals surface area contributed by atoms with E-state index in [0.29, 0.717) is 18.5 Å². The highest BCUT2D eigenvalue weighted by Gasteiger charge is 2.12. The van der Waals surface area contributed by atoms with Crippen molar-refractivity contribution in [3.63, 3.8) is 0 Å². The highest BCUT2D eigenvalue weighted by atomic mass is 19.1. The predicted molar refractivity (Wildman–Crippen MR) is 93.8 cm³/mol. The Bertz CT molecular complexity index is 478. The lowest BCUT2D eigenvalue weighted by Gasteiger charge is -2.18. The number of nitrogens with two attached hydrogens (primary N) is 1. The van der Waals surface area contributed by atoms with Gasteiger partial charge in [-0.15, -0.1) is 0 Å². The highest BCUT2D eigenvalue weighted by molar-refractivity contribution is 5.78. The first-order valence-corrected chi connectivity index (χ1v) is 8.63. The molecule has 0 amide bonds. The number of hydrogen-bond donors (Lipinski definition) is 2. The van der Waals surface area contributed by atoms with Crippen LogP contribution < -0.4 is 11.1 Å². The molecule has 0 aromatic heterocycles. The van der Waals surface area contributed by atoms with Crippen LogP contribution in [0.2, 0.25) is 0 Å². The molecule has 0 unspecified atom stereocenters. The van der Waals surface area contributed by atoms with Crippen molar-refractivity contribution in [2.45, 2.75) is 51.1 Å². The summed E-state index contributed by atoms with van der Waals surface area (Å²) in [6.45, 7) is 2.28. The van der Waals surface area contributed by atoms with Crippen LogP contribution >= 0.6 is 0 Å². The molecule has 0 atom stereocenters. The molecule has 0 aliphatic heterocycles. The summed E-state index contributed by atoms with van der Waals surface area (Å²) in [7, 11) is 2.04. The summed E-state index contributed by atoms with van der Waals surface area (Å²) < 4.78 is 12.9. The van der Waals surface area contributed by atoms with Gasteiger partial charge in [-0.3, -0.25) is 4.99 Å². The van der Waals surface area contributed by atoms with E-state index in [9.17, 15) is 4.39 Å². The molecule has 3 N–H and O–H groups in total. The van der Waals surface area contributed by atoms with Crippen LogP contribution in [0.25, 0.3) is 0 Å². The lowest BCUT2D eigenvalue weighted by Crippen LogP contribution is -2.40. The molecule has 0 heterocycles. The Labute approximate surface area is 139 Å². The number of rotatable bonds is 6. The van der Waals surface area contributed by atoms with Gasteiger partial charge in [0.25, 0.3) is 0 Å². The summed E-state index contributed by atoms with van der Waals surface area (Å²) in [5.74, 6) is 0.366. The van der Waals surface area contributed by atoms with Crippen molar-refractivity contribution in [1.29, 1.82) is 0 Å². The number of guanidine groups is 1. The highest BCUT2D eigenvalue weighted by Crippen LogP contribution is 2.16. The minimum absolute atomic E-state index is 0.196. The second-order valence-corrected chi connectivity index (χ2v) is 6.46. The molecule has 4 nitrogen and oxygen atoms in total. The number of benzene rings is 1. The van der Waals surface area contributed by atoms with E-state index < -0.39 is 0 Å². The van der Waals surface area contributed by atoms with Crippen molar-refractivity contribution in [2.75, 3.05) is 20.1 Å². The van der Waals surface area contributed by atoms with Crippen LogP contribution in [0.15, 0.2) is 29.3 Å². The van der Waals surface area contributed by atoms with Crippen molar-refractivity contribution in [3.05, 3.63) is 35.6 Å². The SMILES string of the molecule is CN(CCN=C(N)NC1CCCCCC1)Cc1ccc(F)cc1. The Hall–Kier alpha value is -1.62. The van der Waals surface area contributed by atoms with Crippen LogP contribution in [-0.4, -0.2) is 37.0 Å². The summed E-state index contributed by atoms with van der Waals surface area (Å²) in [5.41, 5.74) is 7.09. The zero-order valence-corrected chi connectivity index (χ0v) is 14.1. The van der Waals surface area contributed by atoms with Gasteiger partial charge >= 0.3 is 0 Å². The summed E-state index contributed by atoms with van der Waals surface area (Å²) in [6.07, 6.45) is 7.63. The fourth-order valence-corrected chi connectivity index (χ4v) is 3.00. The van der Waals surface area contributed by atoms with Crippen LogP contribution in [0.5, 0.6) is 0 Å². The second kappa shape index (κ2) is 9.50.